The van der Waals surface area contributed by atoms with Crippen molar-refractivity contribution in [1.29, 1.82) is 0 Å². The van der Waals surface area contributed by atoms with Gasteiger partial charge in [-0.05, 0) is 42.7 Å². The van der Waals surface area contributed by atoms with Crippen LogP contribution < -0.4 is 4.90 Å². The molecule has 0 N–H and O–H groups in total. The number of benzene rings is 1. The van der Waals surface area contributed by atoms with E-state index in [1.54, 1.807) is 6.07 Å². The van der Waals surface area contributed by atoms with Crippen LogP contribution in [0.25, 0.3) is 0 Å². The number of anilines is 1. The summed E-state index contributed by atoms with van der Waals surface area (Å²) in [5.41, 5.74) is 1.49. The SMILES string of the molecule is CN(C)c1ccc(C(=O)N2CCC[C@H]2c2ccc(Cl)cc2)nn1. The van der Waals surface area contributed by atoms with E-state index < -0.39 is 0 Å². The number of hydrogen-bond donors (Lipinski definition) is 0. The van der Waals surface area contributed by atoms with E-state index in [1.165, 1.54) is 0 Å². The first-order valence-electron chi connectivity index (χ1n) is 7.64. The van der Waals surface area contributed by atoms with Crippen molar-refractivity contribution in [2.45, 2.75) is 18.9 Å². The second-order valence-electron chi connectivity index (χ2n) is 5.88. The fourth-order valence-electron chi connectivity index (χ4n) is 2.87. The zero-order valence-corrected chi connectivity index (χ0v) is 14.0. The molecule has 0 unspecified atom stereocenters. The Labute approximate surface area is 140 Å². The lowest BCUT2D eigenvalue weighted by Crippen LogP contribution is -2.31. The third kappa shape index (κ3) is 3.29. The molecule has 2 aromatic rings. The first-order valence-corrected chi connectivity index (χ1v) is 8.01. The zero-order chi connectivity index (χ0) is 16.4. The highest BCUT2D eigenvalue weighted by atomic mass is 35.5. The van der Waals surface area contributed by atoms with Gasteiger partial charge < -0.3 is 9.80 Å². The van der Waals surface area contributed by atoms with Crippen LogP contribution in [-0.4, -0.2) is 41.6 Å². The summed E-state index contributed by atoms with van der Waals surface area (Å²) in [7, 11) is 3.78. The van der Waals surface area contributed by atoms with Crippen LogP contribution in [0.5, 0.6) is 0 Å². The number of carbonyl (C=O) groups is 1. The van der Waals surface area contributed by atoms with Crippen molar-refractivity contribution >= 4 is 23.3 Å². The first kappa shape index (κ1) is 15.7. The Hall–Kier alpha value is -2.14. The van der Waals surface area contributed by atoms with E-state index in [-0.39, 0.29) is 11.9 Å². The number of nitrogens with zero attached hydrogens (tertiary/aromatic N) is 4. The summed E-state index contributed by atoms with van der Waals surface area (Å²) in [6, 6.07) is 11.3. The summed E-state index contributed by atoms with van der Waals surface area (Å²) in [5, 5.41) is 8.88. The van der Waals surface area contributed by atoms with Gasteiger partial charge in [-0.15, -0.1) is 10.2 Å². The molecule has 6 heteroatoms. The molecule has 120 valence electrons. The van der Waals surface area contributed by atoms with Gasteiger partial charge >= 0.3 is 0 Å². The van der Waals surface area contributed by atoms with Crippen molar-refractivity contribution in [3.63, 3.8) is 0 Å². The lowest BCUT2D eigenvalue weighted by Gasteiger charge is -2.24. The Morgan fingerprint density at radius 1 is 1.17 bits per heavy atom. The maximum atomic E-state index is 12.8. The number of rotatable bonds is 3. The molecule has 0 radical (unpaired) electrons. The van der Waals surface area contributed by atoms with Gasteiger partial charge in [0.1, 0.15) is 0 Å². The molecule has 5 nitrogen and oxygen atoms in total. The average molecular weight is 331 g/mol. The molecule has 2 heterocycles. The van der Waals surface area contributed by atoms with Crippen LogP contribution in [-0.2, 0) is 0 Å². The maximum Gasteiger partial charge on any atom is 0.274 e. The minimum atomic E-state index is -0.0692. The molecule has 3 rings (SSSR count). The van der Waals surface area contributed by atoms with Gasteiger partial charge in [0.15, 0.2) is 11.5 Å². The zero-order valence-electron chi connectivity index (χ0n) is 13.2. The van der Waals surface area contributed by atoms with E-state index in [0.29, 0.717) is 10.7 Å². The molecule has 1 saturated heterocycles. The van der Waals surface area contributed by atoms with E-state index in [0.717, 1.165) is 30.8 Å². The molecule has 0 spiro atoms. The van der Waals surface area contributed by atoms with Crippen molar-refractivity contribution in [2.24, 2.45) is 0 Å². The van der Waals surface area contributed by atoms with E-state index >= 15 is 0 Å². The van der Waals surface area contributed by atoms with Crippen molar-refractivity contribution < 1.29 is 4.79 Å². The minimum absolute atomic E-state index is 0.0692. The number of aromatic nitrogens is 2. The van der Waals surface area contributed by atoms with Gasteiger partial charge in [-0.1, -0.05) is 23.7 Å². The molecule has 1 aliphatic heterocycles. The highest BCUT2D eigenvalue weighted by Crippen LogP contribution is 2.33. The average Bonchev–Trinajstić information content (AvgIpc) is 3.04. The van der Waals surface area contributed by atoms with Gasteiger partial charge in [0.05, 0.1) is 6.04 Å². The van der Waals surface area contributed by atoms with Gasteiger partial charge in [0, 0.05) is 25.7 Å². The van der Waals surface area contributed by atoms with Crippen LogP contribution in [0.15, 0.2) is 36.4 Å². The number of amides is 1. The van der Waals surface area contributed by atoms with E-state index in [2.05, 4.69) is 10.2 Å². The molecule has 1 atom stereocenters. The second kappa shape index (κ2) is 6.54. The third-order valence-corrected chi connectivity index (χ3v) is 4.35. The molecule has 1 aliphatic rings. The van der Waals surface area contributed by atoms with Crippen LogP contribution in [0.1, 0.15) is 34.9 Å². The third-order valence-electron chi connectivity index (χ3n) is 4.10. The summed E-state index contributed by atoms with van der Waals surface area (Å²) in [4.78, 5) is 16.5. The largest absolute Gasteiger partial charge is 0.361 e. The molecule has 0 aliphatic carbocycles. The topological polar surface area (TPSA) is 49.3 Å². The van der Waals surface area contributed by atoms with Crippen LogP contribution in [0.3, 0.4) is 0 Å². The first-order chi connectivity index (χ1) is 11.1. The smallest absolute Gasteiger partial charge is 0.274 e. The molecule has 1 amide bonds. The molecule has 1 aromatic heterocycles. The fraction of sp³-hybridized carbons (Fsp3) is 0.353. The number of likely N-dealkylation sites (tertiary alicyclic amines) is 1. The Morgan fingerprint density at radius 2 is 1.91 bits per heavy atom. The van der Waals surface area contributed by atoms with Crippen molar-refractivity contribution in [3.8, 4) is 0 Å². The van der Waals surface area contributed by atoms with Crippen LogP contribution >= 0.6 is 11.6 Å². The van der Waals surface area contributed by atoms with Crippen LogP contribution in [0.4, 0.5) is 5.82 Å². The molecule has 1 fully saturated rings. The minimum Gasteiger partial charge on any atom is -0.361 e. The molecular weight excluding hydrogens is 312 g/mol. The van der Waals surface area contributed by atoms with Crippen LogP contribution in [0.2, 0.25) is 5.02 Å². The standard InChI is InChI=1S/C17H19ClN4O/c1-21(2)16-10-9-14(19-20-16)17(23)22-11-3-4-15(22)12-5-7-13(18)8-6-12/h5-10,15H,3-4,11H2,1-2H3/t15-/m0/s1. The Bertz CT molecular complexity index is 685. The quantitative estimate of drug-likeness (QED) is 0.867. The molecule has 1 aromatic carbocycles. The number of halogens is 1. The van der Waals surface area contributed by atoms with Crippen molar-refractivity contribution in [2.75, 3.05) is 25.5 Å². The van der Waals surface area contributed by atoms with Gasteiger partial charge in [-0.25, -0.2) is 0 Å². The summed E-state index contributed by atoms with van der Waals surface area (Å²) in [5.74, 6) is 0.664. The van der Waals surface area contributed by atoms with Crippen LogP contribution in [0, 0.1) is 0 Å². The highest BCUT2D eigenvalue weighted by molar-refractivity contribution is 6.30. The summed E-state index contributed by atoms with van der Waals surface area (Å²) >= 11 is 5.95. The summed E-state index contributed by atoms with van der Waals surface area (Å²) in [6.07, 6.45) is 1.94. The predicted octanol–water partition coefficient (Wildman–Crippen LogP) is 3.17. The molecule has 23 heavy (non-hydrogen) atoms. The summed E-state index contributed by atoms with van der Waals surface area (Å²) < 4.78 is 0. The van der Waals surface area contributed by atoms with Gasteiger partial charge in [0.25, 0.3) is 5.91 Å². The Kier molecular flexibility index (Phi) is 4.48. The molecule has 0 bridgehead atoms. The Morgan fingerprint density at radius 3 is 2.52 bits per heavy atom. The van der Waals surface area contributed by atoms with Crippen molar-refractivity contribution in [1.82, 2.24) is 15.1 Å². The fourth-order valence-corrected chi connectivity index (χ4v) is 2.99. The predicted molar refractivity (Wildman–Crippen MR) is 90.8 cm³/mol. The number of hydrogen-bond acceptors (Lipinski definition) is 4. The van der Waals surface area contributed by atoms with Gasteiger partial charge in [-0.3, -0.25) is 4.79 Å². The number of carbonyl (C=O) groups excluding carboxylic acids is 1. The monoisotopic (exact) mass is 330 g/mol. The van der Waals surface area contributed by atoms with E-state index in [4.69, 9.17) is 11.6 Å². The molecular formula is C17H19ClN4O. The Balaban J connectivity index is 1.81. The van der Waals surface area contributed by atoms with E-state index in [1.807, 2.05) is 54.2 Å². The lowest BCUT2D eigenvalue weighted by atomic mass is 10.0. The highest BCUT2D eigenvalue weighted by Gasteiger charge is 2.31. The molecule has 0 saturated carbocycles. The summed E-state index contributed by atoms with van der Waals surface area (Å²) in [6.45, 7) is 0.739. The van der Waals surface area contributed by atoms with Crippen molar-refractivity contribution in [3.05, 3.63) is 52.7 Å². The van der Waals surface area contributed by atoms with E-state index in [9.17, 15) is 4.79 Å². The normalized spacial score (nSPS) is 17.3. The van der Waals surface area contributed by atoms with Gasteiger partial charge in [-0.2, -0.15) is 0 Å². The van der Waals surface area contributed by atoms with Gasteiger partial charge in [0.2, 0.25) is 0 Å². The maximum absolute atomic E-state index is 12.8. The second-order valence-corrected chi connectivity index (χ2v) is 6.32. The lowest BCUT2D eigenvalue weighted by molar-refractivity contribution is 0.0728.